The van der Waals surface area contributed by atoms with E-state index < -0.39 is 8.56 Å². The van der Waals surface area contributed by atoms with Crippen molar-refractivity contribution in [3.63, 3.8) is 0 Å². The standard InChI is InChI=1S/C17H34O4Si/c1-7-10-11-12-16(21-17(18)15(4)5)13-14-22(6,19-8-2)20-9-3/h16H,4,7-14H2,1-3,5-6H3. The number of carbonyl (C=O) groups is 1. The van der Waals surface area contributed by atoms with E-state index in [1.54, 1.807) is 6.92 Å². The summed E-state index contributed by atoms with van der Waals surface area (Å²) in [4.78, 5) is 11.8. The maximum atomic E-state index is 11.8. The molecule has 0 heterocycles. The second kappa shape index (κ2) is 11.9. The fourth-order valence-electron chi connectivity index (χ4n) is 2.36. The molecule has 1 unspecified atom stereocenters. The number of hydrogen-bond donors (Lipinski definition) is 0. The largest absolute Gasteiger partial charge is 0.459 e. The number of esters is 1. The number of hydrogen-bond acceptors (Lipinski definition) is 4. The molecule has 0 aliphatic carbocycles. The highest BCUT2D eigenvalue weighted by Crippen LogP contribution is 2.21. The Morgan fingerprint density at radius 3 is 2.14 bits per heavy atom. The van der Waals surface area contributed by atoms with Crippen LogP contribution in [0.25, 0.3) is 0 Å². The fraction of sp³-hybridized carbons (Fsp3) is 0.824. The van der Waals surface area contributed by atoms with Crippen LogP contribution in [0.2, 0.25) is 12.6 Å². The predicted octanol–water partition coefficient (Wildman–Crippen LogP) is 4.59. The lowest BCUT2D eigenvalue weighted by Crippen LogP contribution is -2.39. The van der Waals surface area contributed by atoms with Gasteiger partial charge in [-0.2, -0.15) is 0 Å². The van der Waals surface area contributed by atoms with Crippen molar-refractivity contribution in [1.29, 1.82) is 0 Å². The van der Waals surface area contributed by atoms with Gasteiger partial charge in [0, 0.05) is 18.8 Å². The van der Waals surface area contributed by atoms with Crippen LogP contribution in [0.3, 0.4) is 0 Å². The van der Waals surface area contributed by atoms with Crippen LogP contribution in [-0.4, -0.2) is 33.8 Å². The van der Waals surface area contributed by atoms with E-state index in [1.165, 1.54) is 0 Å². The lowest BCUT2D eigenvalue weighted by atomic mass is 10.1. The molecule has 0 saturated carbocycles. The van der Waals surface area contributed by atoms with Crippen molar-refractivity contribution < 1.29 is 18.4 Å². The van der Waals surface area contributed by atoms with Gasteiger partial charge in [0.05, 0.1) is 0 Å². The highest BCUT2D eigenvalue weighted by atomic mass is 28.4. The molecule has 0 saturated heterocycles. The first-order valence-electron chi connectivity index (χ1n) is 8.52. The molecule has 130 valence electrons. The average Bonchev–Trinajstić information content (AvgIpc) is 2.45. The number of ether oxygens (including phenoxy) is 1. The molecule has 4 nitrogen and oxygen atoms in total. The highest BCUT2D eigenvalue weighted by Gasteiger charge is 2.32. The van der Waals surface area contributed by atoms with E-state index in [0.29, 0.717) is 18.8 Å². The van der Waals surface area contributed by atoms with Gasteiger partial charge in [-0.25, -0.2) is 4.79 Å². The zero-order chi connectivity index (χ0) is 17.0. The van der Waals surface area contributed by atoms with Crippen molar-refractivity contribution in [2.75, 3.05) is 13.2 Å². The zero-order valence-corrected chi connectivity index (χ0v) is 16.1. The van der Waals surface area contributed by atoms with Crippen molar-refractivity contribution in [2.24, 2.45) is 0 Å². The second-order valence-electron chi connectivity index (χ2n) is 5.84. The van der Waals surface area contributed by atoms with Crippen LogP contribution in [0.1, 0.15) is 59.8 Å². The van der Waals surface area contributed by atoms with Crippen LogP contribution < -0.4 is 0 Å². The monoisotopic (exact) mass is 330 g/mol. The second-order valence-corrected chi connectivity index (χ2v) is 9.19. The van der Waals surface area contributed by atoms with Crippen molar-refractivity contribution >= 4 is 14.5 Å². The minimum Gasteiger partial charge on any atom is -0.459 e. The summed E-state index contributed by atoms with van der Waals surface area (Å²) in [6.45, 7) is 14.9. The van der Waals surface area contributed by atoms with Crippen molar-refractivity contribution in [3.8, 4) is 0 Å². The van der Waals surface area contributed by atoms with E-state index in [0.717, 1.165) is 38.1 Å². The van der Waals surface area contributed by atoms with Crippen LogP contribution >= 0.6 is 0 Å². The minimum atomic E-state index is -2.15. The Balaban J connectivity index is 4.58. The van der Waals surface area contributed by atoms with E-state index in [2.05, 4.69) is 20.0 Å². The maximum Gasteiger partial charge on any atom is 0.335 e. The summed E-state index contributed by atoms with van der Waals surface area (Å²) in [5.74, 6) is -0.294. The number of carbonyl (C=O) groups excluding carboxylic acids is 1. The Labute approximate surface area is 137 Å². The van der Waals surface area contributed by atoms with Crippen molar-refractivity contribution in [3.05, 3.63) is 12.2 Å². The fourth-order valence-corrected chi connectivity index (χ4v) is 4.80. The van der Waals surface area contributed by atoms with Crippen LogP contribution in [-0.2, 0) is 18.4 Å². The van der Waals surface area contributed by atoms with Gasteiger partial charge in [0.15, 0.2) is 0 Å². The zero-order valence-electron chi connectivity index (χ0n) is 15.1. The molecule has 0 aromatic rings. The Morgan fingerprint density at radius 1 is 1.09 bits per heavy atom. The third-order valence-corrected chi connectivity index (χ3v) is 6.57. The number of rotatable bonds is 13. The van der Waals surface area contributed by atoms with Crippen molar-refractivity contribution in [1.82, 2.24) is 0 Å². The SMILES string of the molecule is C=C(C)C(=O)OC(CCCCC)CC[Si](C)(OCC)OCC. The molecule has 0 aliphatic rings. The van der Waals surface area contributed by atoms with E-state index in [9.17, 15) is 4.79 Å². The quantitative estimate of drug-likeness (QED) is 0.214. The average molecular weight is 331 g/mol. The molecule has 0 N–H and O–H groups in total. The molecule has 0 aromatic heterocycles. The van der Waals surface area contributed by atoms with E-state index >= 15 is 0 Å². The van der Waals surface area contributed by atoms with Gasteiger partial charge in [-0.3, -0.25) is 0 Å². The molecule has 22 heavy (non-hydrogen) atoms. The molecule has 0 spiro atoms. The summed E-state index contributed by atoms with van der Waals surface area (Å²) in [6, 6.07) is 0.842. The molecule has 5 heteroatoms. The Morgan fingerprint density at radius 2 is 1.68 bits per heavy atom. The molecular formula is C17H34O4Si. The van der Waals surface area contributed by atoms with Gasteiger partial charge in [0.2, 0.25) is 0 Å². The summed E-state index contributed by atoms with van der Waals surface area (Å²) in [5, 5.41) is 0. The smallest absolute Gasteiger partial charge is 0.335 e. The summed E-state index contributed by atoms with van der Waals surface area (Å²) in [5.41, 5.74) is 0.454. The van der Waals surface area contributed by atoms with E-state index in [-0.39, 0.29) is 12.1 Å². The first-order valence-corrected chi connectivity index (χ1v) is 11.0. The van der Waals surface area contributed by atoms with E-state index in [4.69, 9.17) is 13.6 Å². The molecule has 0 fully saturated rings. The molecular weight excluding hydrogens is 296 g/mol. The lowest BCUT2D eigenvalue weighted by molar-refractivity contribution is -0.144. The summed E-state index contributed by atoms with van der Waals surface area (Å²) >= 11 is 0. The molecule has 1 atom stereocenters. The van der Waals surface area contributed by atoms with Gasteiger partial charge in [-0.05, 0) is 52.6 Å². The van der Waals surface area contributed by atoms with Gasteiger partial charge in [-0.15, -0.1) is 0 Å². The normalized spacial score (nSPS) is 13.0. The van der Waals surface area contributed by atoms with Gasteiger partial charge in [0.1, 0.15) is 6.10 Å². The third-order valence-electron chi connectivity index (χ3n) is 3.57. The summed E-state index contributed by atoms with van der Waals surface area (Å²) < 4.78 is 17.3. The maximum absolute atomic E-state index is 11.8. The molecule has 0 amide bonds. The van der Waals surface area contributed by atoms with Crippen LogP contribution in [0, 0.1) is 0 Å². The molecule has 0 radical (unpaired) electrons. The van der Waals surface area contributed by atoms with Gasteiger partial charge in [-0.1, -0.05) is 26.3 Å². The minimum absolute atomic E-state index is 0.0662. The molecule has 0 aliphatic heterocycles. The molecule has 0 bridgehead atoms. The highest BCUT2D eigenvalue weighted by molar-refractivity contribution is 6.66. The first-order chi connectivity index (χ1) is 10.4. The van der Waals surface area contributed by atoms with Crippen LogP contribution in [0.5, 0.6) is 0 Å². The van der Waals surface area contributed by atoms with Gasteiger partial charge >= 0.3 is 14.5 Å². The first kappa shape index (κ1) is 21.3. The topological polar surface area (TPSA) is 44.8 Å². The van der Waals surface area contributed by atoms with Gasteiger partial charge < -0.3 is 13.6 Å². The van der Waals surface area contributed by atoms with Crippen LogP contribution in [0.15, 0.2) is 12.2 Å². The number of unbranched alkanes of at least 4 members (excludes halogenated alkanes) is 2. The van der Waals surface area contributed by atoms with Crippen molar-refractivity contribution in [2.45, 2.75) is 78.5 Å². The predicted molar refractivity (Wildman–Crippen MR) is 93.1 cm³/mol. The van der Waals surface area contributed by atoms with Gasteiger partial charge in [0.25, 0.3) is 0 Å². The third kappa shape index (κ3) is 9.38. The lowest BCUT2D eigenvalue weighted by Gasteiger charge is -2.28. The summed E-state index contributed by atoms with van der Waals surface area (Å²) in [6.07, 6.45) is 5.02. The summed E-state index contributed by atoms with van der Waals surface area (Å²) in [7, 11) is -2.15. The van der Waals surface area contributed by atoms with Crippen LogP contribution in [0.4, 0.5) is 0 Å². The van der Waals surface area contributed by atoms with E-state index in [1.807, 2.05) is 13.8 Å². The molecule has 0 aromatic carbocycles. The molecule has 0 rings (SSSR count). The Bertz CT molecular complexity index is 325. The Kier molecular flexibility index (Phi) is 11.5. The Hall–Kier alpha value is -0.653.